The Balaban J connectivity index is 0.00000274. The summed E-state index contributed by atoms with van der Waals surface area (Å²) in [5, 5.41) is 3.52. The minimum Gasteiger partial charge on any atom is -0.494 e. The van der Waals surface area contributed by atoms with Crippen LogP contribution in [0.25, 0.3) is 22.4 Å². The van der Waals surface area contributed by atoms with E-state index in [1.165, 1.54) is 24.3 Å². The zero-order valence-electron chi connectivity index (χ0n) is 22.0. The largest absolute Gasteiger partial charge is 0.494 e. The van der Waals surface area contributed by atoms with Crippen LogP contribution in [0.2, 0.25) is 0 Å². The maximum Gasteiger partial charge on any atom is 0.389 e. The Bertz CT molecular complexity index is 1280. The molecule has 2 aromatic carbocycles. The average molecular weight is 570 g/mol. The fourth-order valence-corrected chi connectivity index (χ4v) is 3.69. The van der Waals surface area contributed by atoms with Gasteiger partial charge in [0.1, 0.15) is 11.5 Å². The lowest BCUT2D eigenvalue weighted by molar-refractivity contribution is -0.135. The molecule has 0 aliphatic heterocycles. The molecule has 0 amide bonds. The van der Waals surface area contributed by atoms with E-state index in [0.717, 1.165) is 0 Å². The Hall–Kier alpha value is -4.13. The van der Waals surface area contributed by atoms with E-state index in [-0.39, 0.29) is 30.2 Å². The lowest BCUT2D eigenvalue weighted by Crippen LogP contribution is -2.36. The van der Waals surface area contributed by atoms with E-state index in [2.05, 4.69) is 20.2 Å². The Morgan fingerprint density at radius 1 is 0.975 bits per heavy atom. The Morgan fingerprint density at radius 3 is 2.12 bits per heavy atom. The number of nitrogens with one attached hydrogen (secondary N) is 2. The Morgan fingerprint density at radius 2 is 1.57 bits per heavy atom. The van der Waals surface area contributed by atoms with E-state index in [1.807, 2.05) is 13.8 Å². The number of benzene rings is 2. The van der Waals surface area contributed by atoms with Gasteiger partial charge in [0.25, 0.3) is 5.56 Å². The highest BCUT2D eigenvalue weighted by molar-refractivity contribution is 6.04. The summed E-state index contributed by atoms with van der Waals surface area (Å²) in [4.78, 5) is 15.8. The van der Waals surface area contributed by atoms with E-state index in [9.17, 15) is 26.7 Å². The van der Waals surface area contributed by atoms with E-state index in [4.69, 9.17) is 16.4 Å². The van der Waals surface area contributed by atoms with Crippen LogP contribution >= 0.6 is 0 Å². The van der Waals surface area contributed by atoms with Crippen molar-refractivity contribution < 1.29 is 31.4 Å². The molecule has 3 aromatic rings. The highest BCUT2D eigenvalue weighted by Gasteiger charge is 2.25. The van der Waals surface area contributed by atoms with Crippen molar-refractivity contribution in [3.05, 3.63) is 70.5 Å². The molecule has 0 aliphatic rings. The van der Waals surface area contributed by atoms with E-state index in [0.29, 0.717) is 41.0 Å². The number of ether oxygens (including phenoxy) is 2. The van der Waals surface area contributed by atoms with Crippen LogP contribution in [0.5, 0.6) is 11.5 Å². The Labute approximate surface area is 228 Å². The van der Waals surface area contributed by atoms with Crippen molar-refractivity contribution in [1.82, 2.24) is 10.4 Å². The first-order chi connectivity index (χ1) is 19.1. The summed E-state index contributed by atoms with van der Waals surface area (Å²) >= 11 is 0. The predicted molar refractivity (Wildman–Crippen MR) is 144 cm³/mol. The number of nitrogens with two attached hydrogens (primary N) is 2. The monoisotopic (exact) mass is 569 g/mol. The number of nitrogens with zero attached hydrogens (tertiary/aromatic N) is 1. The highest BCUT2D eigenvalue weighted by Crippen LogP contribution is 2.29. The second kappa shape index (κ2) is 15.5. The van der Waals surface area contributed by atoms with Crippen LogP contribution in [-0.2, 0) is 0 Å². The van der Waals surface area contributed by atoms with Gasteiger partial charge in [-0.1, -0.05) is 26.0 Å². The first-order valence-corrected chi connectivity index (χ1v) is 12.5. The number of H-pyrrole nitrogens is 1. The summed E-state index contributed by atoms with van der Waals surface area (Å²) in [6.07, 6.45) is -4.03. The molecule has 0 saturated carbocycles. The van der Waals surface area contributed by atoms with Crippen molar-refractivity contribution in [1.29, 1.82) is 0 Å². The van der Waals surface area contributed by atoms with Crippen molar-refractivity contribution in [2.45, 2.75) is 52.3 Å². The molecular weight excluding hydrogens is 537 g/mol. The lowest BCUT2D eigenvalue weighted by Gasteiger charge is -2.14. The van der Waals surface area contributed by atoms with Crippen LogP contribution in [0.15, 0.2) is 64.5 Å². The molecular formula is C27H32F5N5O3. The number of unbranched alkanes of at least 4 members (excludes halogenated alkanes) is 2. The number of alkyl halides is 5. The molecule has 0 bridgehead atoms. The molecule has 13 heteroatoms. The minimum absolute atomic E-state index is 0.0340. The van der Waals surface area contributed by atoms with Crippen molar-refractivity contribution in [2.24, 2.45) is 16.8 Å². The van der Waals surface area contributed by atoms with Crippen LogP contribution in [0.1, 0.15) is 45.1 Å². The van der Waals surface area contributed by atoms with Gasteiger partial charge in [-0.25, -0.2) is 5.84 Å². The van der Waals surface area contributed by atoms with Crippen LogP contribution in [0.3, 0.4) is 0 Å². The second-order valence-electron chi connectivity index (χ2n) is 8.12. The third-order valence-corrected chi connectivity index (χ3v) is 5.47. The smallest absolute Gasteiger partial charge is 0.389 e. The zero-order chi connectivity index (χ0) is 29.7. The molecule has 0 aliphatic carbocycles. The SMILES string of the molecule is CC.N/N=C(\NN)c1c(-c2ccc(OC(F)F)cc2)cc(-c2ccc(OCCCCCC(F)(F)F)cc2)[nH]c1=O. The third kappa shape index (κ3) is 9.56. The van der Waals surface area contributed by atoms with Crippen LogP contribution in [-0.4, -0.2) is 30.2 Å². The second-order valence-corrected chi connectivity index (χ2v) is 8.12. The molecule has 3 rings (SSSR count). The minimum atomic E-state index is -4.15. The van der Waals surface area contributed by atoms with Gasteiger partial charge in [-0.15, -0.1) is 0 Å². The molecule has 0 atom stereocenters. The van der Waals surface area contributed by atoms with E-state index < -0.39 is 24.8 Å². The first-order valence-electron chi connectivity index (χ1n) is 12.5. The number of hydrogen-bond acceptors (Lipinski definition) is 6. The van der Waals surface area contributed by atoms with Crippen molar-refractivity contribution in [3.63, 3.8) is 0 Å². The molecule has 218 valence electrons. The molecule has 0 saturated heterocycles. The van der Waals surface area contributed by atoms with Gasteiger partial charge < -0.3 is 25.7 Å². The van der Waals surface area contributed by atoms with Gasteiger partial charge in [0.05, 0.1) is 12.2 Å². The third-order valence-electron chi connectivity index (χ3n) is 5.47. The van der Waals surface area contributed by atoms with E-state index in [1.54, 1.807) is 30.3 Å². The average Bonchev–Trinajstić information content (AvgIpc) is 2.93. The van der Waals surface area contributed by atoms with Gasteiger partial charge in [0, 0.05) is 17.7 Å². The van der Waals surface area contributed by atoms with Crippen LogP contribution in [0.4, 0.5) is 22.0 Å². The summed E-state index contributed by atoms with van der Waals surface area (Å²) in [7, 11) is 0. The highest BCUT2D eigenvalue weighted by atomic mass is 19.4. The van der Waals surface area contributed by atoms with Crippen molar-refractivity contribution in [2.75, 3.05) is 6.61 Å². The fraction of sp³-hybridized carbons (Fsp3) is 0.333. The predicted octanol–water partition coefficient (Wildman–Crippen LogP) is 5.92. The normalized spacial score (nSPS) is 11.6. The summed E-state index contributed by atoms with van der Waals surface area (Å²) < 4.78 is 71.6. The lowest BCUT2D eigenvalue weighted by atomic mass is 9.97. The van der Waals surface area contributed by atoms with Gasteiger partial charge in [-0.3, -0.25) is 4.79 Å². The molecule has 6 N–H and O–H groups in total. The van der Waals surface area contributed by atoms with Crippen LogP contribution < -0.4 is 32.1 Å². The number of aromatic nitrogens is 1. The van der Waals surface area contributed by atoms with Gasteiger partial charge in [-0.05, 0) is 72.9 Å². The number of hydrazine groups is 1. The molecule has 8 nitrogen and oxygen atoms in total. The standard InChI is InChI=1S/C25H26F5N5O3.C2H6/c26-24(27)38-18-10-4-15(5-11-18)19-14-20(33-23(36)21(19)22(34-31)35-32)16-6-8-17(9-7-16)37-13-3-1-2-12-25(28,29)30;1-2/h4-11,14,24H,1-3,12-13,31-32H2,(H,33,36)(H,34,35);1-2H3. The summed E-state index contributed by atoms with van der Waals surface area (Å²) in [5.41, 5.74) is 3.64. The number of rotatable bonds is 11. The maximum atomic E-state index is 13.0. The van der Waals surface area contributed by atoms with Crippen LogP contribution in [0, 0.1) is 0 Å². The Kier molecular flexibility index (Phi) is 12.4. The number of amidine groups is 1. The van der Waals surface area contributed by atoms with Crippen molar-refractivity contribution >= 4 is 5.84 Å². The van der Waals surface area contributed by atoms with E-state index >= 15 is 0 Å². The fourth-order valence-electron chi connectivity index (χ4n) is 3.69. The summed E-state index contributed by atoms with van der Waals surface area (Å²) in [6, 6.07) is 14.0. The number of hydrazone groups is 1. The quantitative estimate of drug-likeness (QED) is 0.0567. The topological polar surface area (TPSA) is 128 Å². The molecule has 0 fully saturated rings. The number of halogens is 5. The number of pyridine rings is 1. The molecule has 1 aromatic heterocycles. The molecule has 1 heterocycles. The van der Waals surface area contributed by atoms with Gasteiger partial charge in [0.2, 0.25) is 0 Å². The van der Waals surface area contributed by atoms with Gasteiger partial charge in [0.15, 0.2) is 5.84 Å². The first kappa shape index (κ1) is 32.1. The number of hydrogen-bond donors (Lipinski definition) is 4. The van der Waals surface area contributed by atoms with Crippen molar-refractivity contribution in [3.8, 4) is 33.9 Å². The summed E-state index contributed by atoms with van der Waals surface area (Å²) in [5.74, 6) is 11.2. The molecule has 0 spiro atoms. The molecule has 40 heavy (non-hydrogen) atoms. The zero-order valence-corrected chi connectivity index (χ0v) is 22.0. The molecule has 0 unspecified atom stereocenters. The van der Waals surface area contributed by atoms with Gasteiger partial charge in [-0.2, -0.15) is 27.1 Å². The molecule has 0 radical (unpaired) electrons. The number of aromatic amines is 1. The van der Waals surface area contributed by atoms with Gasteiger partial charge >= 0.3 is 12.8 Å². The summed E-state index contributed by atoms with van der Waals surface area (Å²) in [6.45, 7) is 1.28. The maximum absolute atomic E-state index is 13.0.